The Balaban J connectivity index is 1.59. The molecule has 2 atom stereocenters. The molecular weight excluding hydrogens is 433 g/mol. The normalized spacial score (nSPS) is 18.0. The third kappa shape index (κ3) is 3.73. The molecule has 0 fully saturated rings. The standard InChI is InChI=1S/C24H21F3N4O2/c1-32-20-7-6-14(10-21(20)33-2)18-11-22(24(25,26)27)31-23(29-18)12-19(30-31)17-5-3-4-15-13-28-9-8-16(15)17/h3-10,12-13,18,22,29H,11H2,1-2H3. The van der Waals surface area contributed by atoms with Crippen LogP contribution in [0.1, 0.15) is 24.1 Å². The molecule has 0 amide bonds. The quantitative estimate of drug-likeness (QED) is 0.424. The van der Waals surface area contributed by atoms with Crippen LogP contribution in [0.5, 0.6) is 11.5 Å². The van der Waals surface area contributed by atoms with E-state index in [0.29, 0.717) is 28.6 Å². The molecule has 2 unspecified atom stereocenters. The second kappa shape index (κ2) is 7.99. The van der Waals surface area contributed by atoms with Gasteiger partial charge >= 0.3 is 6.18 Å². The number of nitrogens with zero attached hydrogens (tertiary/aromatic N) is 3. The van der Waals surface area contributed by atoms with E-state index >= 15 is 0 Å². The van der Waals surface area contributed by atoms with Gasteiger partial charge in [-0.1, -0.05) is 24.3 Å². The summed E-state index contributed by atoms with van der Waals surface area (Å²) in [5, 5.41) is 9.38. The van der Waals surface area contributed by atoms with E-state index in [4.69, 9.17) is 9.47 Å². The third-order valence-electron chi connectivity index (χ3n) is 5.96. The van der Waals surface area contributed by atoms with Crippen LogP contribution < -0.4 is 14.8 Å². The maximum atomic E-state index is 14.1. The molecule has 0 aliphatic carbocycles. The minimum atomic E-state index is -4.46. The van der Waals surface area contributed by atoms with E-state index in [-0.39, 0.29) is 6.42 Å². The highest BCUT2D eigenvalue weighted by Crippen LogP contribution is 2.45. The molecule has 0 spiro atoms. The number of nitrogens with one attached hydrogen (secondary N) is 1. The molecule has 0 bridgehead atoms. The van der Waals surface area contributed by atoms with Crippen molar-refractivity contribution in [2.45, 2.75) is 24.7 Å². The van der Waals surface area contributed by atoms with Crippen LogP contribution in [0, 0.1) is 0 Å². The van der Waals surface area contributed by atoms with E-state index in [0.717, 1.165) is 21.0 Å². The summed E-state index contributed by atoms with van der Waals surface area (Å²) in [5.74, 6) is 1.29. The molecular formula is C24H21F3N4O2. The molecule has 33 heavy (non-hydrogen) atoms. The van der Waals surface area contributed by atoms with Crippen molar-refractivity contribution in [1.29, 1.82) is 0 Å². The van der Waals surface area contributed by atoms with E-state index in [1.165, 1.54) is 14.2 Å². The van der Waals surface area contributed by atoms with Crippen molar-refractivity contribution in [3.8, 4) is 22.8 Å². The smallest absolute Gasteiger partial charge is 0.410 e. The lowest BCUT2D eigenvalue weighted by molar-refractivity contribution is -0.173. The van der Waals surface area contributed by atoms with Gasteiger partial charge in [0, 0.05) is 35.8 Å². The molecule has 170 valence electrons. The largest absolute Gasteiger partial charge is 0.493 e. The number of benzene rings is 2. The van der Waals surface area contributed by atoms with Gasteiger partial charge in [0.2, 0.25) is 0 Å². The van der Waals surface area contributed by atoms with E-state index in [9.17, 15) is 13.2 Å². The van der Waals surface area contributed by atoms with Gasteiger partial charge in [-0.25, -0.2) is 4.68 Å². The van der Waals surface area contributed by atoms with Gasteiger partial charge in [0.25, 0.3) is 0 Å². The number of methoxy groups -OCH3 is 2. The molecule has 2 aromatic heterocycles. The van der Waals surface area contributed by atoms with Crippen molar-refractivity contribution in [2.75, 3.05) is 19.5 Å². The number of halogens is 3. The van der Waals surface area contributed by atoms with Crippen molar-refractivity contribution in [3.63, 3.8) is 0 Å². The van der Waals surface area contributed by atoms with E-state index < -0.39 is 18.3 Å². The van der Waals surface area contributed by atoms with E-state index in [1.54, 1.807) is 36.7 Å². The van der Waals surface area contributed by atoms with Crippen LogP contribution >= 0.6 is 0 Å². The topological polar surface area (TPSA) is 61.2 Å². The van der Waals surface area contributed by atoms with Gasteiger partial charge < -0.3 is 14.8 Å². The maximum absolute atomic E-state index is 14.1. The molecule has 4 aromatic rings. The Labute approximate surface area is 188 Å². The summed E-state index contributed by atoms with van der Waals surface area (Å²) in [7, 11) is 3.01. The summed E-state index contributed by atoms with van der Waals surface area (Å²) in [4.78, 5) is 4.12. The highest BCUT2D eigenvalue weighted by Gasteiger charge is 2.46. The van der Waals surface area contributed by atoms with Crippen LogP contribution in [0.4, 0.5) is 19.0 Å². The Bertz CT molecular complexity index is 1310. The SMILES string of the molecule is COc1ccc(C2CC(C(F)(F)F)n3nc(-c4cccc5cnccc45)cc3N2)cc1OC. The van der Waals surface area contributed by atoms with Gasteiger partial charge in [0.15, 0.2) is 17.5 Å². The molecule has 6 nitrogen and oxygen atoms in total. The zero-order valence-corrected chi connectivity index (χ0v) is 17.9. The molecule has 1 aliphatic heterocycles. The number of anilines is 1. The number of pyridine rings is 1. The highest BCUT2D eigenvalue weighted by molar-refractivity contribution is 5.95. The zero-order chi connectivity index (χ0) is 23.2. The lowest BCUT2D eigenvalue weighted by Crippen LogP contribution is -2.35. The molecule has 5 rings (SSSR count). The lowest BCUT2D eigenvalue weighted by Gasteiger charge is -2.33. The van der Waals surface area contributed by atoms with Crippen molar-refractivity contribution < 1.29 is 22.6 Å². The summed E-state index contributed by atoms with van der Waals surface area (Å²) in [6.07, 6.45) is -1.28. The fourth-order valence-corrected chi connectivity index (χ4v) is 4.34. The molecule has 0 saturated heterocycles. The monoisotopic (exact) mass is 454 g/mol. The van der Waals surface area contributed by atoms with Crippen molar-refractivity contribution in [3.05, 3.63) is 66.5 Å². The van der Waals surface area contributed by atoms with Crippen molar-refractivity contribution in [1.82, 2.24) is 14.8 Å². The summed E-state index contributed by atoms with van der Waals surface area (Å²) >= 11 is 0. The highest BCUT2D eigenvalue weighted by atomic mass is 19.4. The van der Waals surface area contributed by atoms with Gasteiger partial charge in [-0.3, -0.25) is 4.98 Å². The van der Waals surface area contributed by atoms with Gasteiger partial charge in [0.05, 0.1) is 26.0 Å². The maximum Gasteiger partial charge on any atom is 0.410 e. The Hall–Kier alpha value is -3.75. The summed E-state index contributed by atoms with van der Waals surface area (Å²) in [5.41, 5.74) is 1.89. The van der Waals surface area contributed by atoms with Gasteiger partial charge in [-0.05, 0) is 29.1 Å². The third-order valence-corrected chi connectivity index (χ3v) is 5.96. The predicted octanol–water partition coefficient (Wildman–Crippen LogP) is 5.78. The van der Waals surface area contributed by atoms with Crippen LogP contribution in [0.15, 0.2) is 60.9 Å². The number of rotatable bonds is 4. The first kappa shape index (κ1) is 21.1. The summed E-state index contributed by atoms with van der Waals surface area (Å²) in [6, 6.07) is 11.9. The number of hydrogen-bond acceptors (Lipinski definition) is 5. The molecule has 0 saturated carbocycles. The lowest BCUT2D eigenvalue weighted by atomic mass is 9.96. The number of hydrogen-bond donors (Lipinski definition) is 1. The number of ether oxygens (including phenoxy) is 2. The Kier molecular flexibility index (Phi) is 5.11. The van der Waals surface area contributed by atoms with Crippen LogP contribution in [0.3, 0.4) is 0 Å². The number of alkyl halides is 3. The Morgan fingerprint density at radius 1 is 1.03 bits per heavy atom. The first-order chi connectivity index (χ1) is 15.9. The minimum absolute atomic E-state index is 0.202. The van der Waals surface area contributed by atoms with Crippen molar-refractivity contribution in [2.24, 2.45) is 0 Å². The molecule has 1 N–H and O–H groups in total. The minimum Gasteiger partial charge on any atom is -0.493 e. The first-order valence-electron chi connectivity index (χ1n) is 10.4. The summed E-state index contributed by atoms with van der Waals surface area (Å²) in [6.45, 7) is 0. The average Bonchev–Trinajstić information content (AvgIpc) is 3.25. The average molecular weight is 454 g/mol. The van der Waals surface area contributed by atoms with E-state index in [1.807, 2.05) is 24.3 Å². The zero-order valence-electron chi connectivity index (χ0n) is 17.9. The van der Waals surface area contributed by atoms with Gasteiger partial charge in [-0.15, -0.1) is 0 Å². The summed E-state index contributed by atoms with van der Waals surface area (Å²) < 4.78 is 53.9. The van der Waals surface area contributed by atoms with Crippen LogP contribution in [0.25, 0.3) is 22.0 Å². The van der Waals surface area contributed by atoms with Crippen LogP contribution in [-0.2, 0) is 0 Å². The molecule has 0 radical (unpaired) electrons. The number of fused-ring (bicyclic) bond motifs is 2. The fourth-order valence-electron chi connectivity index (χ4n) is 4.34. The van der Waals surface area contributed by atoms with E-state index in [2.05, 4.69) is 15.4 Å². The second-order valence-electron chi connectivity index (χ2n) is 7.87. The molecule has 3 heterocycles. The second-order valence-corrected chi connectivity index (χ2v) is 7.87. The Morgan fingerprint density at radius 3 is 2.61 bits per heavy atom. The van der Waals surface area contributed by atoms with Crippen molar-refractivity contribution >= 4 is 16.6 Å². The molecule has 2 aromatic carbocycles. The predicted molar refractivity (Wildman–Crippen MR) is 119 cm³/mol. The van der Waals surface area contributed by atoms with Crippen LogP contribution in [0.2, 0.25) is 0 Å². The number of aromatic nitrogens is 3. The first-order valence-corrected chi connectivity index (χ1v) is 10.4. The molecule has 9 heteroatoms. The van der Waals surface area contributed by atoms with Crippen LogP contribution in [-0.4, -0.2) is 35.2 Å². The van der Waals surface area contributed by atoms with Gasteiger partial charge in [0.1, 0.15) is 5.82 Å². The Morgan fingerprint density at radius 2 is 1.85 bits per heavy atom. The fraction of sp³-hybridized carbons (Fsp3) is 0.250. The van der Waals surface area contributed by atoms with Gasteiger partial charge in [-0.2, -0.15) is 18.3 Å². The molecule has 1 aliphatic rings.